The fraction of sp³-hybridized carbons (Fsp3) is 0.250. The standard InChI is InChI=1S/C24H27O3P/c1-24(2,3)17-11-10-16-22(23(17)25)28(20-14-8-6-12-18(20)26-4)21-15-9-7-13-19(21)27-5/h6-16,25H,1-5H3. The monoisotopic (exact) mass is 394 g/mol. The molecule has 28 heavy (non-hydrogen) atoms. The number of phenolic OH excluding ortho intramolecular Hbond substituents is 1. The third kappa shape index (κ3) is 3.86. The molecule has 3 nitrogen and oxygen atoms in total. The van der Waals surface area contributed by atoms with Crippen LogP contribution in [0.2, 0.25) is 0 Å². The van der Waals surface area contributed by atoms with E-state index in [2.05, 4.69) is 32.9 Å². The Morgan fingerprint density at radius 3 is 1.61 bits per heavy atom. The summed E-state index contributed by atoms with van der Waals surface area (Å²) in [5, 5.41) is 14.3. The summed E-state index contributed by atoms with van der Waals surface area (Å²) in [5.74, 6) is 1.96. The molecule has 0 aromatic heterocycles. The average Bonchev–Trinajstić information content (AvgIpc) is 2.69. The van der Waals surface area contributed by atoms with Gasteiger partial charge in [0.05, 0.1) is 14.2 Å². The minimum absolute atomic E-state index is 0.164. The molecule has 3 aromatic carbocycles. The molecule has 0 aliphatic heterocycles. The lowest BCUT2D eigenvalue weighted by molar-refractivity contribution is 0.417. The van der Waals surface area contributed by atoms with Crippen molar-refractivity contribution < 1.29 is 14.6 Å². The summed E-state index contributed by atoms with van der Waals surface area (Å²) in [6.45, 7) is 6.33. The predicted molar refractivity (Wildman–Crippen MR) is 119 cm³/mol. The highest BCUT2D eigenvalue weighted by molar-refractivity contribution is 7.80. The Labute approximate surface area is 168 Å². The van der Waals surface area contributed by atoms with Gasteiger partial charge in [-0.3, -0.25) is 0 Å². The zero-order valence-electron chi connectivity index (χ0n) is 17.1. The number of methoxy groups -OCH3 is 2. The van der Waals surface area contributed by atoms with Crippen LogP contribution >= 0.6 is 7.92 Å². The topological polar surface area (TPSA) is 38.7 Å². The molecule has 0 aliphatic rings. The lowest BCUT2D eigenvalue weighted by atomic mass is 9.86. The lowest BCUT2D eigenvalue weighted by Crippen LogP contribution is -2.25. The zero-order chi connectivity index (χ0) is 20.3. The van der Waals surface area contributed by atoms with Crippen LogP contribution in [0.4, 0.5) is 0 Å². The molecule has 0 saturated carbocycles. The van der Waals surface area contributed by atoms with Crippen molar-refractivity contribution >= 4 is 23.8 Å². The largest absolute Gasteiger partial charge is 0.507 e. The van der Waals surface area contributed by atoms with Crippen LogP contribution in [0.1, 0.15) is 26.3 Å². The molecule has 0 saturated heterocycles. The van der Waals surface area contributed by atoms with Crippen LogP contribution in [0.5, 0.6) is 17.2 Å². The highest BCUT2D eigenvalue weighted by atomic mass is 31.1. The smallest absolute Gasteiger partial charge is 0.127 e. The number of phenols is 1. The molecular weight excluding hydrogens is 367 g/mol. The van der Waals surface area contributed by atoms with Crippen LogP contribution in [0.3, 0.4) is 0 Å². The van der Waals surface area contributed by atoms with E-state index in [-0.39, 0.29) is 5.41 Å². The van der Waals surface area contributed by atoms with Gasteiger partial charge in [0.15, 0.2) is 0 Å². The fourth-order valence-electron chi connectivity index (χ4n) is 3.34. The van der Waals surface area contributed by atoms with Gasteiger partial charge in [-0.15, -0.1) is 0 Å². The van der Waals surface area contributed by atoms with Gasteiger partial charge in [-0.05, 0) is 31.0 Å². The van der Waals surface area contributed by atoms with Gasteiger partial charge in [0.1, 0.15) is 17.2 Å². The van der Waals surface area contributed by atoms with Crippen molar-refractivity contribution in [2.75, 3.05) is 14.2 Å². The van der Waals surface area contributed by atoms with Crippen molar-refractivity contribution in [3.63, 3.8) is 0 Å². The number of aromatic hydroxyl groups is 1. The maximum absolute atomic E-state index is 11.3. The second kappa shape index (κ2) is 8.24. The van der Waals surface area contributed by atoms with Crippen LogP contribution in [0.25, 0.3) is 0 Å². The van der Waals surface area contributed by atoms with Crippen LogP contribution < -0.4 is 25.4 Å². The van der Waals surface area contributed by atoms with E-state index in [1.807, 2.05) is 54.6 Å². The van der Waals surface area contributed by atoms with Gasteiger partial charge in [-0.1, -0.05) is 75.4 Å². The second-order valence-electron chi connectivity index (χ2n) is 7.60. The average molecular weight is 394 g/mol. The van der Waals surface area contributed by atoms with Crippen LogP contribution in [0.15, 0.2) is 66.7 Å². The molecule has 0 bridgehead atoms. The normalized spacial score (nSPS) is 11.5. The van der Waals surface area contributed by atoms with Crippen molar-refractivity contribution in [1.82, 2.24) is 0 Å². The Morgan fingerprint density at radius 1 is 0.679 bits per heavy atom. The molecule has 0 spiro atoms. The molecule has 3 rings (SSSR count). The SMILES string of the molecule is COc1ccccc1P(c1ccccc1OC)c1cccc(C(C)(C)C)c1O. The number of benzene rings is 3. The Hall–Kier alpha value is -2.51. The van der Waals surface area contributed by atoms with E-state index in [0.717, 1.165) is 33.0 Å². The summed E-state index contributed by atoms with van der Waals surface area (Å²) >= 11 is 0. The number of para-hydroxylation sites is 3. The Balaban J connectivity index is 2.33. The quantitative estimate of drug-likeness (QED) is 0.649. The molecule has 1 N–H and O–H groups in total. The molecule has 0 radical (unpaired) electrons. The summed E-state index contributed by atoms with van der Waals surface area (Å²) in [6, 6.07) is 22.0. The third-order valence-corrected chi connectivity index (χ3v) is 7.26. The van der Waals surface area contributed by atoms with Gasteiger partial charge in [0.2, 0.25) is 0 Å². The number of rotatable bonds is 5. The number of hydrogen-bond acceptors (Lipinski definition) is 3. The van der Waals surface area contributed by atoms with E-state index in [1.54, 1.807) is 14.2 Å². The van der Waals surface area contributed by atoms with Crippen molar-refractivity contribution in [2.24, 2.45) is 0 Å². The van der Waals surface area contributed by atoms with E-state index in [9.17, 15) is 5.11 Å². The third-order valence-electron chi connectivity index (χ3n) is 4.72. The van der Waals surface area contributed by atoms with Gasteiger partial charge in [-0.25, -0.2) is 0 Å². The van der Waals surface area contributed by atoms with E-state index < -0.39 is 7.92 Å². The van der Waals surface area contributed by atoms with Gasteiger partial charge < -0.3 is 14.6 Å². The summed E-state index contributed by atoms with van der Waals surface area (Å²) in [6.07, 6.45) is 0. The molecule has 4 heteroatoms. The van der Waals surface area contributed by atoms with E-state index in [1.165, 1.54) is 0 Å². The van der Waals surface area contributed by atoms with Crippen molar-refractivity contribution in [2.45, 2.75) is 26.2 Å². The van der Waals surface area contributed by atoms with Gasteiger partial charge in [0.25, 0.3) is 0 Å². The van der Waals surface area contributed by atoms with Crippen LogP contribution in [-0.4, -0.2) is 19.3 Å². The van der Waals surface area contributed by atoms with E-state index >= 15 is 0 Å². The lowest BCUT2D eigenvalue weighted by Gasteiger charge is -2.27. The highest BCUT2D eigenvalue weighted by Gasteiger charge is 2.28. The molecule has 3 aromatic rings. The summed E-state index contributed by atoms with van der Waals surface area (Å²) < 4.78 is 11.3. The van der Waals surface area contributed by atoms with Crippen LogP contribution in [-0.2, 0) is 5.41 Å². The van der Waals surface area contributed by atoms with Gasteiger partial charge in [0, 0.05) is 15.9 Å². The molecule has 0 fully saturated rings. The molecule has 0 aliphatic carbocycles. The molecule has 0 atom stereocenters. The van der Waals surface area contributed by atoms with E-state index in [4.69, 9.17) is 9.47 Å². The first-order chi connectivity index (χ1) is 13.4. The highest BCUT2D eigenvalue weighted by Crippen LogP contribution is 2.43. The summed E-state index contributed by atoms with van der Waals surface area (Å²) in [5.41, 5.74) is 0.769. The first kappa shape index (κ1) is 20.2. The number of ether oxygens (including phenoxy) is 2. The Kier molecular flexibility index (Phi) is 5.96. The fourth-order valence-corrected chi connectivity index (χ4v) is 5.92. The first-order valence-corrected chi connectivity index (χ1v) is 10.6. The second-order valence-corrected chi connectivity index (χ2v) is 9.72. The molecule has 0 unspecified atom stereocenters. The molecule has 0 heterocycles. The maximum atomic E-state index is 11.3. The minimum Gasteiger partial charge on any atom is -0.507 e. The molecule has 146 valence electrons. The van der Waals surface area contributed by atoms with Crippen LogP contribution in [0, 0.1) is 0 Å². The predicted octanol–water partition coefficient (Wildman–Crippen LogP) is 4.47. The molecular formula is C24H27O3P. The summed E-state index contributed by atoms with van der Waals surface area (Å²) in [4.78, 5) is 0. The zero-order valence-corrected chi connectivity index (χ0v) is 18.0. The van der Waals surface area contributed by atoms with Crippen molar-refractivity contribution in [3.8, 4) is 17.2 Å². The molecule has 0 amide bonds. The van der Waals surface area contributed by atoms with Gasteiger partial charge >= 0.3 is 0 Å². The Morgan fingerprint density at radius 2 is 1.14 bits per heavy atom. The van der Waals surface area contributed by atoms with Gasteiger partial charge in [-0.2, -0.15) is 0 Å². The first-order valence-electron chi connectivity index (χ1n) is 9.27. The Bertz CT molecular complexity index is 913. The minimum atomic E-state index is -1.08. The number of hydrogen-bond donors (Lipinski definition) is 1. The van der Waals surface area contributed by atoms with Crippen molar-refractivity contribution in [1.29, 1.82) is 0 Å². The van der Waals surface area contributed by atoms with E-state index in [0.29, 0.717) is 5.75 Å². The maximum Gasteiger partial charge on any atom is 0.127 e. The van der Waals surface area contributed by atoms with Crippen molar-refractivity contribution in [3.05, 3.63) is 72.3 Å². The summed E-state index contributed by atoms with van der Waals surface area (Å²) in [7, 11) is 2.28.